The van der Waals surface area contributed by atoms with Crippen molar-refractivity contribution >= 4 is 33.3 Å². The lowest BCUT2D eigenvalue weighted by Crippen LogP contribution is -2.15. The Balaban J connectivity index is 1.54. The van der Waals surface area contributed by atoms with E-state index in [1.54, 1.807) is 22.2 Å². The fourth-order valence-electron chi connectivity index (χ4n) is 2.28. The van der Waals surface area contributed by atoms with Crippen molar-refractivity contribution in [2.75, 3.05) is 12.4 Å². The van der Waals surface area contributed by atoms with Gasteiger partial charge in [0.2, 0.25) is 0 Å². The highest BCUT2D eigenvalue weighted by atomic mass is 79.9. The maximum atomic E-state index is 12.1. The topological polar surface area (TPSA) is 43.6 Å². The first-order chi connectivity index (χ1) is 11.6. The van der Waals surface area contributed by atoms with Crippen LogP contribution in [0.1, 0.15) is 11.3 Å². The number of rotatable bonds is 6. The van der Waals surface area contributed by atoms with Crippen molar-refractivity contribution in [3.05, 3.63) is 74.7 Å². The summed E-state index contributed by atoms with van der Waals surface area (Å²) in [5, 5.41) is 0. The Morgan fingerprint density at radius 1 is 1.25 bits per heavy atom. The molecule has 0 atom stereocenters. The summed E-state index contributed by atoms with van der Waals surface area (Å²) >= 11 is 5.12. The van der Waals surface area contributed by atoms with Gasteiger partial charge in [-0.1, -0.05) is 28.1 Å². The number of ether oxygens (including phenoxy) is 1. The van der Waals surface area contributed by atoms with Gasteiger partial charge in [-0.05, 0) is 36.8 Å². The van der Waals surface area contributed by atoms with Gasteiger partial charge < -0.3 is 4.74 Å². The smallest absolute Gasteiger partial charge is 0.258 e. The Morgan fingerprint density at radius 2 is 2.12 bits per heavy atom. The fraction of sp³-hybridized carbons (Fsp3) is 0.222. The minimum absolute atomic E-state index is 0.0373. The average Bonchev–Trinajstić information content (AvgIpc) is 2.55. The van der Waals surface area contributed by atoms with E-state index in [1.807, 2.05) is 49.5 Å². The molecule has 124 valence electrons. The third-order valence-corrected chi connectivity index (χ3v) is 4.85. The summed E-state index contributed by atoms with van der Waals surface area (Å²) in [6, 6.07) is 13.2. The van der Waals surface area contributed by atoms with Crippen molar-refractivity contribution in [1.29, 1.82) is 0 Å². The Morgan fingerprint density at radius 3 is 2.96 bits per heavy atom. The maximum absolute atomic E-state index is 12.1. The van der Waals surface area contributed by atoms with Crippen LogP contribution in [0.3, 0.4) is 0 Å². The molecular formula is C18H17BrN2O2S. The summed E-state index contributed by atoms with van der Waals surface area (Å²) in [5.74, 6) is 2.38. The molecule has 2 heterocycles. The fourth-order valence-corrected chi connectivity index (χ4v) is 3.36. The van der Waals surface area contributed by atoms with E-state index >= 15 is 0 Å². The third-order valence-electron chi connectivity index (χ3n) is 3.40. The molecule has 0 aliphatic heterocycles. The molecule has 0 spiro atoms. The second kappa shape index (κ2) is 7.85. The van der Waals surface area contributed by atoms with E-state index in [0.717, 1.165) is 27.2 Å². The first kappa shape index (κ1) is 17.0. The van der Waals surface area contributed by atoms with Crippen molar-refractivity contribution in [3.8, 4) is 5.75 Å². The number of hydrogen-bond donors (Lipinski definition) is 0. The monoisotopic (exact) mass is 404 g/mol. The average molecular weight is 405 g/mol. The lowest BCUT2D eigenvalue weighted by Gasteiger charge is -2.07. The second-order valence-corrected chi connectivity index (χ2v) is 7.40. The van der Waals surface area contributed by atoms with Crippen LogP contribution in [0.25, 0.3) is 5.65 Å². The zero-order valence-electron chi connectivity index (χ0n) is 13.2. The van der Waals surface area contributed by atoms with Crippen LogP contribution in [0.5, 0.6) is 5.75 Å². The molecule has 0 aliphatic rings. The summed E-state index contributed by atoms with van der Waals surface area (Å²) < 4.78 is 8.28. The van der Waals surface area contributed by atoms with Gasteiger partial charge in [0, 0.05) is 28.2 Å². The highest BCUT2D eigenvalue weighted by molar-refractivity contribution is 9.10. The Kier molecular flexibility index (Phi) is 5.58. The number of hydrogen-bond acceptors (Lipinski definition) is 4. The minimum atomic E-state index is -0.0373. The molecule has 0 bridgehead atoms. The Bertz CT molecular complexity index is 911. The van der Waals surface area contributed by atoms with Gasteiger partial charge in [0.1, 0.15) is 11.4 Å². The quantitative estimate of drug-likeness (QED) is 0.580. The van der Waals surface area contributed by atoms with Crippen LogP contribution in [0.4, 0.5) is 0 Å². The van der Waals surface area contributed by atoms with Gasteiger partial charge >= 0.3 is 0 Å². The second-order valence-electron chi connectivity index (χ2n) is 5.38. The van der Waals surface area contributed by atoms with Crippen LogP contribution in [-0.4, -0.2) is 21.7 Å². The van der Waals surface area contributed by atoms with Crippen molar-refractivity contribution in [1.82, 2.24) is 9.38 Å². The molecule has 24 heavy (non-hydrogen) atoms. The van der Waals surface area contributed by atoms with Crippen molar-refractivity contribution in [3.63, 3.8) is 0 Å². The number of fused-ring (bicyclic) bond motifs is 1. The molecule has 3 aromatic rings. The molecular weight excluding hydrogens is 388 g/mol. The molecule has 0 radical (unpaired) electrons. The number of thioether (sulfide) groups is 1. The van der Waals surface area contributed by atoms with Crippen LogP contribution in [0, 0.1) is 6.92 Å². The summed E-state index contributed by atoms with van der Waals surface area (Å²) in [4.78, 5) is 16.7. The summed E-state index contributed by atoms with van der Waals surface area (Å²) in [6.45, 7) is 2.58. The van der Waals surface area contributed by atoms with Crippen molar-refractivity contribution < 1.29 is 4.74 Å². The molecule has 0 saturated heterocycles. The van der Waals surface area contributed by atoms with E-state index in [4.69, 9.17) is 4.74 Å². The predicted molar refractivity (Wildman–Crippen MR) is 102 cm³/mol. The number of aryl methyl sites for hydroxylation is 1. The van der Waals surface area contributed by atoms with E-state index in [-0.39, 0.29) is 5.56 Å². The highest BCUT2D eigenvalue weighted by Gasteiger charge is 2.03. The van der Waals surface area contributed by atoms with Crippen LogP contribution in [0.2, 0.25) is 0 Å². The van der Waals surface area contributed by atoms with E-state index in [0.29, 0.717) is 18.0 Å². The summed E-state index contributed by atoms with van der Waals surface area (Å²) in [5.41, 5.74) is 2.49. The standard InChI is InChI=1S/C18H17BrN2O2S/c1-13-5-6-17-20-15(10-18(22)21(17)11-13)12-24-8-7-23-16-4-2-3-14(19)9-16/h2-6,9-11H,7-8,12H2,1H3. The molecule has 3 rings (SSSR count). The van der Waals surface area contributed by atoms with Crippen LogP contribution in [-0.2, 0) is 5.75 Å². The largest absolute Gasteiger partial charge is 0.493 e. The minimum Gasteiger partial charge on any atom is -0.493 e. The van der Waals surface area contributed by atoms with Gasteiger partial charge in [0.05, 0.1) is 12.3 Å². The number of halogens is 1. The van der Waals surface area contributed by atoms with Crippen molar-refractivity contribution in [2.24, 2.45) is 0 Å². The van der Waals surface area contributed by atoms with Gasteiger partial charge in [-0.3, -0.25) is 9.20 Å². The third kappa shape index (κ3) is 4.39. The summed E-state index contributed by atoms with van der Waals surface area (Å²) in [6.07, 6.45) is 1.81. The van der Waals surface area contributed by atoms with Gasteiger partial charge in [0.25, 0.3) is 5.56 Å². The number of aromatic nitrogens is 2. The molecule has 0 unspecified atom stereocenters. The SMILES string of the molecule is Cc1ccc2nc(CSCCOc3cccc(Br)c3)cc(=O)n2c1. The van der Waals surface area contributed by atoms with Gasteiger partial charge in [-0.15, -0.1) is 0 Å². The highest BCUT2D eigenvalue weighted by Crippen LogP contribution is 2.18. The zero-order chi connectivity index (χ0) is 16.9. The molecule has 1 aromatic carbocycles. The molecule has 0 fully saturated rings. The van der Waals surface area contributed by atoms with Gasteiger partial charge in [-0.2, -0.15) is 11.8 Å². The maximum Gasteiger partial charge on any atom is 0.258 e. The van der Waals surface area contributed by atoms with E-state index in [2.05, 4.69) is 20.9 Å². The normalized spacial score (nSPS) is 10.9. The Labute approximate surface area is 153 Å². The molecule has 0 N–H and O–H groups in total. The van der Waals surface area contributed by atoms with E-state index < -0.39 is 0 Å². The van der Waals surface area contributed by atoms with E-state index in [1.165, 1.54) is 0 Å². The molecule has 0 amide bonds. The zero-order valence-corrected chi connectivity index (χ0v) is 15.6. The molecule has 0 aliphatic carbocycles. The molecule has 2 aromatic heterocycles. The van der Waals surface area contributed by atoms with Crippen LogP contribution in [0.15, 0.2) is 57.9 Å². The lowest BCUT2D eigenvalue weighted by atomic mass is 10.3. The Hall–Kier alpha value is -1.79. The summed E-state index contributed by atoms with van der Waals surface area (Å²) in [7, 11) is 0. The predicted octanol–water partition coefficient (Wildman–Crippen LogP) is 4.08. The molecule has 4 nitrogen and oxygen atoms in total. The number of benzene rings is 1. The lowest BCUT2D eigenvalue weighted by molar-refractivity contribution is 0.343. The first-order valence-corrected chi connectivity index (χ1v) is 9.52. The molecule has 6 heteroatoms. The van der Waals surface area contributed by atoms with Crippen molar-refractivity contribution in [2.45, 2.75) is 12.7 Å². The van der Waals surface area contributed by atoms with Gasteiger partial charge in [0.15, 0.2) is 0 Å². The number of pyridine rings is 1. The number of nitrogens with zero attached hydrogens (tertiary/aromatic N) is 2. The molecule has 0 saturated carbocycles. The van der Waals surface area contributed by atoms with Crippen LogP contribution < -0.4 is 10.3 Å². The van der Waals surface area contributed by atoms with E-state index in [9.17, 15) is 4.79 Å². The first-order valence-electron chi connectivity index (χ1n) is 7.57. The van der Waals surface area contributed by atoms with Gasteiger partial charge in [-0.25, -0.2) is 4.98 Å². The van der Waals surface area contributed by atoms with Crippen LogP contribution >= 0.6 is 27.7 Å².